The van der Waals surface area contributed by atoms with E-state index in [1.54, 1.807) is 60.6 Å². The number of halogens is 2. The van der Waals surface area contributed by atoms with Gasteiger partial charge in [-0.25, -0.2) is 28.0 Å². The van der Waals surface area contributed by atoms with E-state index in [-0.39, 0.29) is 72.4 Å². The molecule has 0 aliphatic carbocycles. The summed E-state index contributed by atoms with van der Waals surface area (Å²) in [6.45, 7) is 26.0. The zero-order chi connectivity index (χ0) is 49.6. The van der Waals surface area contributed by atoms with Crippen molar-refractivity contribution in [2.24, 2.45) is 10.8 Å². The Morgan fingerprint density at radius 1 is 0.508 bits per heavy atom. The molecule has 4 rings (SSSR count). The summed E-state index contributed by atoms with van der Waals surface area (Å²) in [4.78, 5) is 74.6. The average Bonchev–Trinajstić information content (AvgIpc) is 3.18. The van der Waals surface area contributed by atoms with Gasteiger partial charge in [0.05, 0.1) is 29.4 Å². The highest BCUT2D eigenvalue weighted by molar-refractivity contribution is 6.04. The van der Waals surface area contributed by atoms with Crippen molar-refractivity contribution < 1.29 is 56.9 Å². The fourth-order valence-corrected chi connectivity index (χ4v) is 6.02. The predicted octanol–water partition coefficient (Wildman–Crippen LogP) is 10.5. The van der Waals surface area contributed by atoms with Gasteiger partial charge < -0.3 is 30.0 Å². The minimum atomic E-state index is -1.27. The molecule has 0 saturated carbocycles. The summed E-state index contributed by atoms with van der Waals surface area (Å²) in [5.74, 6) is -5.37. The highest BCUT2D eigenvalue weighted by Gasteiger charge is 2.26. The van der Waals surface area contributed by atoms with Crippen molar-refractivity contribution in [3.63, 3.8) is 0 Å². The van der Waals surface area contributed by atoms with Crippen LogP contribution in [0.2, 0.25) is 0 Å². The van der Waals surface area contributed by atoms with Crippen LogP contribution in [0.25, 0.3) is 22.3 Å². The Morgan fingerprint density at radius 3 is 1.18 bits per heavy atom. The van der Waals surface area contributed by atoms with E-state index in [2.05, 4.69) is 10.6 Å². The van der Waals surface area contributed by atoms with Crippen molar-refractivity contribution in [3.05, 3.63) is 117 Å². The van der Waals surface area contributed by atoms with Crippen molar-refractivity contribution in [1.82, 2.24) is 10.6 Å². The molecule has 0 radical (unpaired) electrons. The SMILES string of the molecule is COC(=O)c1cc(C(=O)NCC(C)(C)C)ccc1-c1cc(C(=O)OC(C)(C)C)cc(F)c1C.Cc1c(F)cc(C(=O)OC(C)(C)C)cc1-c1ccc(C(=O)NCC(C)(C)C)cc1C(=O)O. The van der Waals surface area contributed by atoms with Crippen LogP contribution in [0.1, 0.15) is 156 Å². The Kier molecular flexibility index (Phi) is 16.8. The van der Waals surface area contributed by atoms with Crippen LogP contribution in [-0.2, 0) is 14.2 Å². The maximum Gasteiger partial charge on any atom is 0.338 e. The number of esters is 3. The van der Waals surface area contributed by atoms with E-state index in [4.69, 9.17) is 14.2 Å². The first kappa shape index (κ1) is 52.9. The van der Waals surface area contributed by atoms with Gasteiger partial charge in [0.2, 0.25) is 0 Å². The maximum atomic E-state index is 14.8. The molecular formula is C51H62F2N2O10. The van der Waals surface area contributed by atoms with Crippen LogP contribution >= 0.6 is 0 Å². The Balaban J connectivity index is 0.000000345. The van der Waals surface area contributed by atoms with E-state index < -0.39 is 52.6 Å². The van der Waals surface area contributed by atoms with E-state index in [9.17, 15) is 42.7 Å². The van der Waals surface area contributed by atoms with E-state index in [1.165, 1.54) is 50.4 Å². The van der Waals surface area contributed by atoms with Crippen LogP contribution in [0, 0.1) is 36.3 Å². The van der Waals surface area contributed by atoms with E-state index in [1.807, 2.05) is 41.5 Å². The number of aromatic carboxylic acids is 1. The molecule has 0 atom stereocenters. The number of carboxylic acid groups (broad SMARTS) is 1. The summed E-state index contributed by atoms with van der Waals surface area (Å²) >= 11 is 0. The van der Waals surface area contributed by atoms with Gasteiger partial charge in [-0.05, 0) is 148 Å². The first-order valence-electron chi connectivity index (χ1n) is 21.0. The number of hydrogen-bond donors (Lipinski definition) is 3. The normalized spacial score (nSPS) is 11.7. The molecule has 65 heavy (non-hydrogen) atoms. The summed E-state index contributed by atoms with van der Waals surface area (Å²) in [6, 6.07) is 13.8. The minimum absolute atomic E-state index is 0.0193. The largest absolute Gasteiger partial charge is 0.478 e. The molecule has 0 saturated heterocycles. The molecule has 0 aliphatic heterocycles. The van der Waals surface area contributed by atoms with Crippen molar-refractivity contribution in [2.45, 2.75) is 108 Å². The highest BCUT2D eigenvalue weighted by Crippen LogP contribution is 2.33. The third kappa shape index (κ3) is 15.4. The number of benzene rings is 4. The Bertz CT molecular complexity index is 2480. The number of rotatable bonds is 10. The summed E-state index contributed by atoms with van der Waals surface area (Å²) in [5, 5.41) is 15.4. The molecule has 0 unspecified atom stereocenters. The molecule has 4 aromatic rings. The molecular weight excluding hydrogens is 839 g/mol. The number of methoxy groups -OCH3 is 1. The van der Waals surface area contributed by atoms with Gasteiger partial charge in [-0.3, -0.25) is 9.59 Å². The summed E-state index contributed by atoms with van der Waals surface area (Å²) in [6.07, 6.45) is 0. The lowest BCUT2D eigenvalue weighted by Gasteiger charge is -2.20. The second-order valence-corrected chi connectivity index (χ2v) is 20.1. The molecule has 2 amide bonds. The van der Waals surface area contributed by atoms with Gasteiger partial charge in [-0.2, -0.15) is 0 Å². The second kappa shape index (κ2) is 20.6. The highest BCUT2D eigenvalue weighted by atomic mass is 19.1. The fourth-order valence-electron chi connectivity index (χ4n) is 6.02. The van der Waals surface area contributed by atoms with Gasteiger partial charge >= 0.3 is 23.9 Å². The molecule has 350 valence electrons. The summed E-state index contributed by atoms with van der Waals surface area (Å²) < 4.78 is 45.0. The lowest BCUT2D eigenvalue weighted by molar-refractivity contribution is 0.00566. The van der Waals surface area contributed by atoms with E-state index >= 15 is 0 Å². The predicted molar refractivity (Wildman–Crippen MR) is 245 cm³/mol. The molecule has 14 heteroatoms. The number of carbonyl (C=O) groups is 6. The van der Waals surface area contributed by atoms with Gasteiger partial charge in [-0.1, -0.05) is 53.7 Å². The minimum Gasteiger partial charge on any atom is -0.478 e. The second-order valence-electron chi connectivity index (χ2n) is 20.1. The lowest BCUT2D eigenvalue weighted by Crippen LogP contribution is -2.32. The molecule has 3 N–H and O–H groups in total. The van der Waals surface area contributed by atoms with Gasteiger partial charge in [0.15, 0.2) is 0 Å². The van der Waals surface area contributed by atoms with Crippen LogP contribution in [-0.4, -0.2) is 72.2 Å². The zero-order valence-corrected chi connectivity index (χ0v) is 40.1. The summed E-state index contributed by atoms with van der Waals surface area (Å²) in [7, 11) is 1.23. The number of nitrogens with one attached hydrogen (secondary N) is 2. The first-order chi connectivity index (χ1) is 29.7. The molecule has 0 aliphatic rings. The smallest absolute Gasteiger partial charge is 0.338 e. The lowest BCUT2D eigenvalue weighted by atomic mass is 9.92. The van der Waals surface area contributed by atoms with Gasteiger partial charge in [0.25, 0.3) is 11.8 Å². The van der Waals surface area contributed by atoms with Gasteiger partial charge in [0, 0.05) is 24.2 Å². The molecule has 0 spiro atoms. The molecule has 0 heterocycles. The number of amides is 2. The average molecular weight is 901 g/mol. The number of carboxylic acids is 1. The van der Waals surface area contributed by atoms with Crippen LogP contribution in [0.3, 0.4) is 0 Å². The van der Waals surface area contributed by atoms with Crippen LogP contribution in [0.4, 0.5) is 8.78 Å². The van der Waals surface area contributed by atoms with Crippen LogP contribution in [0.15, 0.2) is 60.7 Å². The third-order valence-electron chi connectivity index (χ3n) is 9.30. The zero-order valence-electron chi connectivity index (χ0n) is 40.1. The standard InChI is InChI=1S/C26H32FNO5.C25H30FNO5/c1-15-19(12-17(13-21(15)27)23(30)33-26(5,6)7)18-10-9-16(11-20(18)24(31)32-8)22(29)28-14-25(2,3)4;1-14-18(11-16(12-20(14)26)23(31)32-25(5,6)7)17-9-8-15(10-19(17)22(29)30)21(28)27-13-24(2,3)4/h9-13H,14H2,1-8H3,(H,28,29);8-12H,13H2,1-7H3,(H,27,28)(H,29,30). The molecule has 0 fully saturated rings. The van der Waals surface area contributed by atoms with Crippen molar-refractivity contribution >= 4 is 35.7 Å². The maximum absolute atomic E-state index is 14.8. The molecule has 12 nitrogen and oxygen atoms in total. The number of ether oxygens (including phenoxy) is 3. The first-order valence-corrected chi connectivity index (χ1v) is 21.0. The Labute approximate surface area is 380 Å². The number of hydrogen-bond acceptors (Lipinski definition) is 9. The molecule has 0 aromatic heterocycles. The fraction of sp³-hybridized carbons (Fsp3) is 0.412. The quantitative estimate of drug-likeness (QED) is 0.103. The van der Waals surface area contributed by atoms with Crippen LogP contribution < -0.4 is 10.6 Å². The Morgan fingerprint density at radius 2 is 0.862 bits per heavy atom. The molecule has 4 aromatic carbocycles. The van der Waals surface area contributed by atoms with E-state index in [0.29, 0.717) is 24.2 Å². The third-order valence-corrected chi connectivity index (χ3v) is 9.30. The monoisotopic (exact) mass is 900 g/mol. The van der Waals surface area contributed by atoms with Crippen molar-refractivity contribution in [3.8, 4) is 22.3 Å². The van der Waals surface area contributed by atoms with E-state index in [0.717, 1.165) is 12.1 Å². The van der Waals surface area contributed by atoms with Crippen molar-refractivity contribution in [1.29, 1.82) is 0 Å². The van der Waals surface area contributed by atoms with Gasteiger partial charge in [-0.15, -0.1) is 0 Å². The van der Waals surface area contributed by atoms with Crippen molar-refractivity contribution in [2.75, 3.05) is 20.2 Å². The van der Waals surface area contributed by atoms with Crippen LogP contribution in [0.5, 0.6) is 0 Å². The van der Waals surface area contributed by atoms with Gasteiger partial charge in [0.1, 0.15) is 22.8 Å². The Hall–Kier alpha value is -6.44. The topological polar surface area (TPSA) is 174 Å². The summed E-state index contributed by atoms with van der Waals surface area (Å²) in [5.41, 5.74) is 0.132. The molecule has 0 bridgehead atoms. The number of carbonyl (C=O) groups excluding carboxylic acids is 5.